The molecule has 1 rings (SSSR count). The second-order valence-electron chi connectivity index (χ2n) is 4.06. The zero-order valence-corrected chi connectivity index (χ0v) is 9.28. The van der Waals surface area contributed by atoms with E-state index in [0.29, 0.717) is 23.0 Å². The van der Waals surface area contributed by atoms with E-state index in [0.717, 1.165) is 5.56 Å². The summed E-state index contributed by atoms with van der Waals surface area (Å²) < 4.78 is 0. The Morgan fingerprint density at radius 3 is 2.20 bits per heavy atom. The average Bonchev–Trinajstić information content (AvgIpc) is 2.27. The van der Waals surface area contributed by atoms with Crippen molar-refractivity contribution in [3.8, 4) is 12.1 Å². The molecule has 0 saturated carbocycles. The van der Waals surface area contributed by atoms with Gasteiger partial charge in [0.25, 0.3) is 0 Å². The fourth-order valence-electron chi connectivity index (χ4n) is 1.48. The van der Waals surface area contributed by atoms with E-state index in [2.05, 4.69) is 26.8 Å². The van der Waals surface area contributed by atoms with Crippen LogP contribution in [0.4, 0.5) is 0 Å². The first-order valence-corrected chi connectivity index (χ1v) is 5.04. The summed E-state index contributed by atoms with van der Waals surface area (Å²) in [6.07, 6.45) is 0. The lowest BCUT2D eigenvalue weighted by atomic mass is 9.87. The third-order valence-electron chi connectivity index (χ3n) is 2.79. The molecular formula is C13H14N2. The van der Waals surface area contributed by atoms with E-state index < -0.39 is 0 Å². The summed E-state index contributed by atoms with van der Waals surface area (Å²) in [4.78, 5) is 0. The monoisotopic (exact) mass is 198 g/mol. The number of nitrogens with zero attached hydrogens (tertiary/aromatic N) is 2. The lowest BCUT2D eigenvalue weighted by Gasteiger charge is -2.17. The van der Waals surface area contributed by atoms with Gasteiger partial charge in [-0.3, -0.25) is 0 Å². The van der Waals surface area contributed by atoms with Gasteiger partial charge in [-0.25, -0.2) is 0 Å². The molecule has 1 unspecified atom stereocenters. The molecule has 0 fully saturated rings. The minimum atomic E-state index is 0.340. The van der Waals surface area contributed by atoms with Gasteiger partial charge in [0.15, 0.2) is 0 Å². The summed E-state index contributed by atoms with van der Waals surface area (Å²) in [5.74, 6) is 0.831. The first kappa shape index (κ1) is 11.3. The minimum absolute atomic E-state index is 0.340. The van der Waals surface area contributed by atoms with Crippen LogP contribution < -0.4 is 0 Å². The zero-order chi connectivity index (χ0) is 11.4. The number of benzene rings is 1. The highest BCUT2D eigenvalue weighted by Crippen LogP contribution is 2.26. The van der Waals surface area contributed by atoms with Gasteiger partial charge in [0, 0.05) is 0 Å². The summed E-state index contributed by atoms with van der Waals surface area (Å²) in [5.41, 5.74) is 2.20. The summed E-state index contributed by atoms with van der Waals surface area (Å²) in [5, 5.41) is 17.7. The molecule has 0 aliphatic carbocycles. The van der Waals surface area contributed by atoms with Gasteiger partial charge in [-0.15, -0.1) is 0 Å². The molecule has 0 bridgehead atoms. The van der Waals surface area contributed by atoms with Crippen LogP contribution >= 0.6 is 0 Å². The largest absolute Gasteiger partial charge is 0.192 e. The highest BCUT2D eigenvalue weighted by atomic mass is 14.3. The molecule has 76 valence electrons. The van der Waals surface area contributed by atoms with Crippen molar-refractivity contribution in [3.63, 3.8) is 0 Å². The summed E-state index contributed by atoms with van der Waals surface area (Å²) in [7, 11) is 0. The number of hydrogen-bond donors (Lipinski definition) is 0. The molecule has 0 amide bonds. The van der Waals surface area contributed by atoms with E-state index in [9.17, 15) is 0 Å². The number of nitriles is 2. The van der Waals surface area contributed by atoms with E-state index in [1.165, 1.54) is 0 Å². The molecule has 1 aromatic rings. The number of rotatable bonds is 2. The third-order valence-corrected chi connectivity index (χ3v) is 2.79. The minimum Gasteiger partial charge on any atom is -0.192 e. The molecule has 0 saturated heterocycles. The van der Waals surface area contributed by atoms with Crippen LogP contribution in [0.3, 0.4) is 0 Å². The topological polar surface area (TPSA) is 47.6 Å². The van der Waals surface area contributed by atoms with Gasteiger partial charge >= 0.3 is 0 Å². The van der Waals surface area contributed by atoms with Crippen LogP contribution in [0.15, 0.2) is 18.2 Å². The standard InChI is InChI=1S/C13H14N2/c1-9(2)10(3)13-5-4-11(7-14)6-12(13)8-15/h4-6,9-10H,1-3H3. The highest BCUT2D eigenvalue weighted by molar-refractivity contribution is 5.46. The van der Waals surface area contributed by atoms with Gasteiger partial charge in [0.2, 0.25) is 0 Å². The van der Waals surface area contributed by atoms with Crippen LogP contribution in [0.5, 0.6) is 0 Å². The van der Waals surface area contributed by atoms with Crippen molar-refractivity contribution in [1.29, 1.82) is 10.5 Å². The van der Waals surface area contributed by atoms with Gasteiger partial charge in [-0.05, 0) is 29.5 Å². The first-order valence-electron chi connectivity index (χ1n) is 5.04. The number of hydrogen-bond acceptors (Lipinski definition) is 2. The third kappa shape index (κ3) is 2.36. The molecule has 0 aliphatic heterocycles. The highest BCUT2D eigenvalue weighted by Gasteiger charge is 2.14. The molecule has 0 radical (unpaired) electrons. The Balaban J connectivity index is 3.22. The molecule has 0 aliphatic rings. The maximum atomic E-state index is 9.01. The molecular weight excluding hydrogens is 184 g/mol. The van der Waals surface area contributed by atoms with Gasteiger partial charge in [0.1, 0.15) is 0 Å². The van der Waals surface area contributed by atoms with Crippen molar-refractivity contribution < 1.29 is 0 Å². The maximum absolute atomic E-state index is 9.01. The molecule has 2 heteroatoms. The fourth-order valence-corrected chi connectivity index (χ4v) is 1.48. The molecule has 0 N–H and O–H groups in total. The van der Waals surface area contributed by atoms with Crippen molar-refractivity contribution >= 4 is 0 Å². The summed E-state index contributed by atoms with van der Waals surface area (Å²) >= 11 is 0. The SMILES string of the molecule is CC(C)C(C)c1ccc(C#N)cc1C#N. The van der Waals surface area contributed by atoms with E-state index in [1.807, 2.05) is 12.1 Å². The van der Waals surface area contributed by atoms with Crippen LogP contribution in [0, 0.1) is 28.6 Å². The van der Waals surface area contributed by atoms with Crippen molar-refractivity contribution in [2.24, 2.45) is 5.92 Å². The molecule has 0 spiro atoms. The van der Waals surface area contributed by atoms with E-state index in [1.54, 1.807) is 12.1 Å². The molecule has 1 aromatic carbocycles. The predicted octanol–water partition coefficient (Wildman–Crippen LogP) is 3.19. The summed E-state index contributed by atoms with van der Waals surface area (Å²) in [6, 6.07) is 9.53. The van der Waals surface area contributed by atoms with E-state index >= 15 is 0 Å². The van der Waals surface area contributed by atoms with Crippen LogP contribution in [-0.2, 0) is 0 Å². The zero-order valence-electron chi connectivity index (χ0n) is 9.28. The fraction of sp³-hybridized carbons (Fsp3) is 0.385. The van der Waals surface area contributed by atoms with Gasteiger partial charge in [0.05, 0.1) is 23.3 Å². The van der Waals surface area contributed by atoms with Crippen molar-refractivity contribution in [1.82, 2.24) is 0 Å². The van der Waals surface area contributed by atoms with E-state index in [4.69, 9.17) is 10.5 Å². The first-order chi connectivity index (χ1) is 7.10. The van der Waals surface area contributed by atoms with Crippen molar-refractivity contribution in [3.05, 3.63) is 34.9 Å². The van der Waals surface area contributed by atoms with Gasteiger partial charge < -0.3 is 0 Å². The van der Waals surface area contributed by atoms with Gasteiger partial charge in [-0.1, -0.05) is 26.8 Å². The van der Waals surface area contributed by atoms with Crippen molar-refractivity contribution in [2.45, 2.75) is 26.7 Å². The molecule has 0 heterocycles. The quantitative estimate of drug-likeness (QED) is 0.732. The Bertz CT molecular complexity index is 433. The second-order valence-corrected chi connectivity index (χ2v) is 4.06. The predicted molar refractivity (Wildman–Crippen MR) is 59.1 cm³/mol. The van der Waals surface area contributed by atoms with Crippen LogP contribution in [0.1, 0.15) is 43.4 Å². The Morgan fingerprint density at radius 1 is 1.07 bits per heavy atom. The Labute approximate surface area is 90.8 Å². The summed E-state index contributed by atoms with van der Waals surface area (Å²) in [6.45, 7) is 6.36. The second kappa shape index (κ2) is 4.62. The lowest BCUT2D eigenvalue weighted by molar-refractivity contribution is 0.534. The molecule has 0 aromatic heterocycles. The Hall–Kier alpha value is -1.80. The molecule has 2 nitrogen and oxygen atoms in total. The Morgan fingerprint density at radius 2 is 1.73 bits per heavy atom. The van der Waals surface area contributed by atoms with Crippen LogP contribution in [0.2, 0.25) is 0 Å². The average molecular weight is 198 g/mol. The normalized spacial score (nSPS) is 11.9. The van der Waals surface area contributed by atoms with Crippen LogP contribution in [0.25, 0.3) is 0 Å². The lowest BCUT2D eigenvalue weighted by Crippen LogP contribution is -2.04. The smallest absolute Gasteiger partial charge is 0.0995 e. The van der Waals surface area contributed by atoms with Crippen molar-refractivity contribution in [2.75, 3.05) is 0 Å². The van der Waals surface area contributed by atoms with E-state index in [-0.39, 0.29) is 0 Å². The molecule has 1 atom stereocenters. The Kier molecular flexibility index (Phi) is 3.47. The maximum Gasteiger partial charge on any atom is 0.0995 e. The van der Waals surface area contributed by atoms with Gasteiger partial charge in [-0.2, -0.15) is 10.5 Å². The van der Waals surface area contributed by atoms with Crippen LogP contribution in [-0.4, -0.2) is 0 Å². The molecule has 15 heavy (non-hydrogen) atoms.